The summed E-state index contributed by atoms with van der Waals surface area (Å²) in [5.41, 5.74) is 0.532. The lowest BCUT2D eigenvalue weighted by Crippen LogP contribution is -1.96. The third-order valence-corrected chi connectivity index (χ3v) is 5.90. The van der Waals surface area contributed by atoms with Gasteiger partial charge in [-0.05, 0) is 47.7 Å². The van der Waals surface area contributed by atoms with Crippen molar-refractivity contribution in [2.45, 2.75) is 10.1 Å². The minimum Gasteiger partial charge on any atom is -0.289 e. The molecule has 1 heterocycles. The van der Waals surface area contributed by atoms with E-state index in [1.165, 1.54) is 30.4 Å². The van der Waals surface area contributed by atoms with E-state index in [1.54, 1.807) is 30.6 Å². The third-order valence-electron chi connectivity index (χ3n) is 3.65. The SMILES string of the molecule is O=C(/C=C\c1ccc(Sc2ncccn2)c([N+](=O)[O-])c1)c1ccc(Cl)c(Cl)c1Cl. The summed E-state index contributed by atoms with van der Waals surface area (Å²) in [6, 6.07) is 9.19. The summed E-state index contributed by atoms with van der Waals surface area (Å²) in [4.78, 5) is 31.8. The van der Waals surface area contributed by atoms with Gasteiger partial charge in [-0.25, -0.2) is 9.97 Å². The third kappa shape index (κ3) is 5.13. The molecule has 0 aliphatic carbocycles. The fourth-order valence-corrected chi connectivity index (χ4v) is 3.71. The zero-order valence-electron chi connectivity index (χ0n) is 14.4. The Morgan fingerprint density at radius 2 is 1.79 bits per heavy atom. The van der Waals surface area contributed by atoms with Gasteiger partial charge in [-0.3, -0.25) is 14.9 Å². The molecule has 0 amide bonds. The van der Waals surface area contributed by atoms with Gasteiger partial charge in [-0.2, -0.15) is 0 Å². The summed E-state index contributed by atoms with van der Waals surface area (Å²) in [6.07, 6.45) is 5.83. The predicted octanol–water partition coefficient (Wildman–Crippen LogP) is 6.39. The van der Waals surface area contributed by atoms with E-state index in [0.29, 0.717) is 15.6 Å². The van der Waals surface area contributed by atoms with Crippen molar-refractivity contribution >= 4 is 64.1 Å². The van der Waals surface area contributed by atoms with Crippen LogP contribution in [0.3, 0.4) is 0 Å². The van der Waals surface area contributed by atoms with Crippen molar-refractivity contribution in [1.82, 2.24) is 9.97 Å². The number of halogens is 3. The molecule has 0 saturated heterocycles. The van der Waals surface area contributed by atoms with Crippen LogP contribution in [-0.2, 0) is 0 Å². The van der Waals surface area contributed by atoms with Crippen molar-refractivity contribution in [3.05, 3.63) is 91.2 Å². The van der Waals surface area contributed by atoms with E-state index in [0.717, 1.165) is 11.8 Å². The van der Waals surface area contributed by atoms with Crippen LogP contribution in [0.15, 0.2) is 64.9 Å². The van der Waals surface area contributed by atoms with Crippen molar-refractivity contribution < 1.29 is 9.72 Å². The summed E-state index contributed by atoms with van der Waals surface area (Å²) in [6.45, 7) is 0. The molecule has 3 aromatic rings. The number of nitrogens with zero attached hydrogens (tertiary/aromatic N) is 3. The molecule has 0 N–H and O–H groups in total. The maximum atomic E-state index is 12.4. The highest BCUT2D eigenvalue weighted by molar-refractivity contribution is 7.99. The van der Waals surface area contributed by atoms with Crippen LogP contribution in [0.25, 0.3) is 6.08 Å². The molecule has 0 bridgehead atoms. The summed E-state index contributed by atoms with van der Waals surface area (Å²) in [7, 11) is 0. The highest BCUT2D eigenvalue weighted by Gasteiger charge is 2.17. The largest absolute Gasteiger partial charge is 0.289 e. The maximum absolute atomic E-state index is 12.4. The Labute approximate surface area is 184 Å². The number of hydrogen-bond acceptors (Lipinski definition) is 6. The second-order valence-electron chi connectivity index (χ2n) is 5.54. The molecule has 0 aliphatic heterocycles. The molecule has 0 aliphatic rings. The second kappa shape index (κ2) is 9.37. The first kappa shape index (κ1) is 21.3. The zero-order chi connectivity index (χ0) is 21.0. The lowest BCUT2D eigenvalue weighted by molar-refractivity contribution is -0.387. The average Bonchev–Trinajstić information content (AvgIpc) is 2.71. The maximum Gasteiger partial charge on any atom is 0.283 e. The summed E-state index contributed by atoms with van der Waals surface area (Å²) in [5.74, 6) is -0.410. The van der Waals surface area contributed by atoms with Crippen molar-refractivity contribution in [2.75, 3.05) is 0 Å². The first-order valence-corrected chi connectivity index (χ1v) is 9.91. The van der Waals surface area contributed by atoms with E-state index < -0.39 is 10.7 Å². The van der Waals surface area contributed by atoms with Gasteiger partial charge in [0, 0.05) is 24.0 Å². The highest BCUT2D eigenvalue weighted by atomic mass is 35.5. The van der Waals surface area contributed by atoms with E-state index in [4.69, 9.17) is 34.8 Å². The molecule has 6 nitrogen and oxygen atoms in total. The molecule has 0 radical (unpaired) electrons. The minimum absolute atomic E-state index is 0.0504. The van der Waals surface area contributed by atoms with Crippen molar-refractivity contribution in [2.24, 2.45) is 0 Å². The molecule has 10 heteroatoms. The van der Waals surface area contributed by atoms with Crippen LogP contribution in [0.1, 0.15) is 15.9 Å². The molecule has 0 spiro atoms. The number of ketones is 1. The normalized spacial score (nSPS) is 11.0. The monoisotopic (exact) mass is 465 g/mol. The molecular weight excluding hydrogens is 457 g/mol. The van der Waals surface area contributed by atoms with Gasteiger partial charge in [0.1, 0.15) is 0 Å². The number of rotatable bonds is 6. The van der Waals surface area contributed by atoms with E-state index in [-0.39, 0.29) is 26.3 Å². The quantitative estimate of drug-likeness (QED) is 0.104. The molecule has 146 valence electrons. The molecule has 0 atom stereocenters. The van der Waals surface area contributed by atoms with Crippen LogP contribution in [0, 0.1) is 10.1 Å². The van der Waals surface area contributed by atoms with Gasteiger partial charge < -0.3 is 0 Å². The summed E-state index contributed by atoms with van der Waals surface area (Å²) < 4.78 is 0. The van der Waals surface area contributed by atoms with E-state index in [9.17, 15) is 14.9 Å². The van der Waals surface area contributed by atoms with Gasteiger partial charge >= 0.3 is 0 Å². The Morgan fingerprint density at radius 1 is 1.07 bits per heavy atom. The van der Waals surface area contributed by atoms with Crippen LogP contribution in [0.2, 0.25) is 15.1 Å². The Kier molecular flexibility index (Phi) is 6.87. The molecular formula is C19H10Cl3N3O3S. The number of nitro groups is 1. The van der Waals surface area contributed by atoms with Crippen molar-refractivity contribution in [1.29, 1.82) is 0 Å². The zero-order valence-corrected chi connectivity index (χ0v) is 17.5. The standard InChI is InChI=1S/C19H10Cl3N3O3S/c20-13-5-4-12(17(21)18(13)22)15(26)6-2-11-3-7-16(14(10-11)25(27)28)29-19-23-8-1-9-24-19/h1-10H/b6-2-. The highest BCUT2D eigenvalue weighted by Crippen LogP contribution is 2.35. The van der Waals surface area contributed by atoms with Gasteiger partial charge in [0.05, 0.1) is 24.9 Å². The van der Waals surface area contributed by atoms with E-state index in [1.807, 2.05) is 0 Å². The number of aromatic nitrogens is 2. The molecule has 3 rings (SSSR count). The smallest absolute Gasteiger partial charge is 0.283 e. The number of carbonyl (C=O) groups excluding carboxylic acids is 1. The fraction of sp³-hybridized carbons (Fsp3) is 0. The van der Waals surface area contributed by atoms with Gasteiger partial charge in [0.15, 0.2) is 10.9 Å². The minimum atomic E-state index is -0.500. The van der Waals surface area contributed by atoms with E-state index in [2.05, 4.69) is 9.97 Å². The van der Waals surface area contributed by atoms with Gasteiger partial charge in [-0.15, -0.1) is 0 Å². The van der Waals surface area contributed by atoms with Crippen molar-refractivity contribution in [3.8, 4) is 0 Å². The Bertz CT molecular complexity index is 1120. The molecule has 2 aromatic carbocycles. The molecule has 1 aromatic heterocycles. The van der Waals surface area contributed by atoms with Crippen LogP contribution in [-0.4, -0.2) is 20.7 Å². The van der Waals surface area contributed by atoms with Crippen LogP contribution in [0.5, 0.6) is 0 Å². The first-order chi connectivity index (χ1) is 13.9. The fourth-order valence-electron chi connectivity index (χ4n) is 2.28. The Balaban J connectivity index is 1.86. The van der Waals surface area contributed by atoms with Crippen LogP contribution >= 0.6 is 46.6 Å². The molecule has 0 fully saturated rings. The van der Waals surface area contributed by atoms with Crippen molar-refractivity contribution in [3.63, 3.8) is 0 Å². The Morgan fingerprint density at radius 3 is 2.48 bits per heavy atom. The number of allylic oxidation sites excluding steroid dienone is 1. The van der Waals surface area contributed by atoms with Gasteiger partial charge in [0.2, 0.25) is 0 Å². The average molecular weight is 467 g/mol. The first-order valence-electron chi connectivity index (χ1n) is 7.96. The lowest BCUT2D eigenvalue weighted by Gasteiger charge is -2.04. The number of carbonyl (C=O) groups is 1. The molecule has 0 saturated carbocycles. The molecule has 0 unspecified atom stereocenters. The van der Waals surface area contributed by atoms with E-state index >= 15 is 0 Å². The Hall–Kier alpha value is -2.45. The van der Waals surface area contributed by atoms with Gasteiger partial charge in [0.25, 0.3) is 5.69 Å². The summed E-state index contributed by atoms with van der Waals surface area (Å²) in [5, 5.41) is 12.2. The number of nitro benzene ring substituents is 1. The summed E-state index contributed by atoms with van der Waals surface area (Å²) >= 11 is 19.0. The number of benzene rings is 2. The predicted molar refractivity (Wildman–Crippen MR) is 114 cm³/mol. The molecule has 29 heavy (non-hydrogen) atoms. The van der Waals surface area contributed by atoms with Crippen LogP contribution < -0.4 is 0 Å². The van der Waals surface area contributed by atoms with Crippen LogP contribution in [0.4, 0.5) is 5.69 Å². The number of hydrogen-bond donors (Lipinski definition) is 0. The van der Waals surface area contributed by atoms with Gasteiger partial charge in [-0.1, -0.05) is 46.9 Å². The topological polar surface area (TPSA) is 86.0 Å². The second-order valence-corrected chi connectivity index (χ2v) is 7.71. The lowest BCUT2D eigenvalue weighted by atomic mass is 10.1.